The third-order valence-corrected chi connectivity index (χ3v) is 4.70. The highest BCUT2D eigenvalue weighted by molar-refractivity contribution is 6.12. The van der Waals surface area contributed by atoms with Crippen molar-refractivity contribution in [2.45, 2.75) is 32.1 Å². The van der Waals surface area contributed by atoms with Gasteiger partial charge in [-0.1, -0.05) is 31.2 Å². The SMILES string of the molecule is CCC(=O)Nc1cccc(NC(=O)c2cc(C3CC3)nc3ccccc23)c1. The summed E-state index contributed by atoms with van der Waals surface area (Å²) in [4.78, 5) is 29.3. The van der Waals surface area contributed by atoms with E-state index in [1.165, 1.54) is 0 Å². The zero-order valence-electron chi connectivity index (χ0n) is 15.2. The Labute approximate surface area is 157 Å². The summed E-state index contributed by atoms with van der Waals surface area (Å²) >= 11 is 0. The maximum atomic E-state index is 13.0. The molecule has 4 rings (SSSR count). The van der Waals surface area contributed by atoms with Crippen LogP contribution in [0.15, 0.2) is 54.6 Å². The molecule has 0 bridgehead atoms. The van der Waals surface area contributed by atoms with E-state index in [4.69, 9.17) is 4.98 Å². The number of pyridine rings is 1. The lowest BCUT2D eigenvalue weighted by Gasteiger charge is -2.11. The number of hydrogen-bond donors (Lipinski definition) is 2. The van der Waals surface area contributed by atoms with Gasteiger partial charge < -0.3 is 10.6 Å². The molecule has 0 aliphatic heterocycles. The van der Waals surface area contributed by atoms with Crippen molar-refractivity contribution in [3.8, 4) is 0 Å². The van der Waals surface area contributed by atoms with Crippen LogP contribution in [0, 0.1) is 0 Å². The number of fused-ring (bicyclic) bond motifs is 1. The van der Waals surface area contributed by atoms with E-state index in [1.807, 2.05) is 36.4 Å². The number of hydrogen-bond acceptors (Lipinski definition) is 3. The summed E-state index contributed by atoms with van der Waals surface area (Å²) < 4.78 is 0. The first-order valence-electron chi connectivity index (χ1n) is 9.25. The third-order valence-electron chi connectivity index (χ3n) is 4.70. The molecule has 1 heterocycles. The first-order chi connectivity index (χ1) is 13.1. The van der Waals surface area contributed by atoms with Crippen LogP contribution in [0.3, 0.4) is 0 Å². The van der Waals surface area contributed by atoms with Gasteiger partial charge in [0.2, 0.25) is 5.91 Å². The minimum absolute atomic E-state index is 0.0623. The van der Waals surface area contributed by atoms with Crippen LogP contribution in [0.2, 0.25) is 0 Å². The van der Waals surface area contributed by atoms with E-state index < -0.39 is 0 Å². The molecule has 2 aromatic carbocycles. The van der Waals surface area contributed by atoms with Gasteiger partial charge in [0, 0.05) is 34.8 Å². The van der Waals surface area contributed by atoms with Gasteiger partial charge in [0.15, 0.2) is 0 Å². The lowest BCUT2D eigenvalue weighted by Crippen LogP contribution is -2.14. The molecular weight excluding hydrogens is 338 g/mol. The van der Waals surface area contributed by atoms with Gasteiger partial charge in [-0.15, -0.1) is 0 Å². The van der Waals surface area contributed by atoms with Crippen molar-refractivity contribution in [1.29, 1.82) is 0 Å². The summed E-state index contributed by atoms with van der Waals surface area (Å²) in [5.74, 6) is 0.232. The molecule has 0 radical (unpaired) electrons. The summed E-state index contributed by atoms with van der Waals surface area (Å²) in [5, 5.41) is 6.60. The van der Waals surface area contributed by atoms with Gasteiger partial charge in [0.25, 0.3) is 5.91 Å². The molecule has 2 N–H and O–H groups in total. The minimum Gasteiger partial charge on any atom is -0.326 e. The molecule has 2 amide bonds. The minimum atomic E-state index is -0.172. The summed E-state index contributed by atoms with van der Waals surface area (Å²) in [5.41, 5.74) is 3.77. The van der Waals surface area contributed by atoms with Crippen LogP contribution in [0.1, 0.15) is 48.2 Å². The van der Waals surface area contributed by atoms with Gasteiger partial charge >= 0.3 is 0 Å². The van der Waals surface area contributed by atoms with Crippen LogP contribution in [-0.4, -0.2) is 16.8 Å². The van der Waals surface area contributed by atoms with Crippen LogP contribution >= 0.6 is 0 Å². The van der Waals surface area contributed by atoms with Crippen LogP contribution in [0.25, 0.3) is 10.9 Å². The zero-order valence-corrected chi connectivity index (χ0v) is 15.2. The molecule has 0 saturated heterocycles. The monoisotopic (exact) mass is 359 g/mol. The topological polar surface area (TPSA) is 71.1 Å². The van der Waals surface area contributed by atoms with Gasteiger partial charge in [0.05, 0.1) is 11.1 Å². The number of rotatable bonds is 5. The maximum absolute atomic E-state index is 13.0. The first kappa shape index (κ1) is 17.2. The Morgan fingerprint density at radius 3 is 2.48 bits per heavy atom. The Morgan fingerprint density at radius 1 is 1.00 bits per heavy atom. The second kappa shape index (κ2) is 7.19. The molecule has 1 fully saturated rings. The Morgan fingerprint density at radius 2 is 1.74 bits per heavy atom. The largest absolute Gasteiger partial charge is 0.326 e. The highest BCUT2D eigenvalue weighted by atomic mass is 16.2. The highest BCUT2D eigenvalue weighted by Gasteiger charge is 2.27. The van der Waals surface area contributed by atoms with Crippen LogP contribution in [0.5, 0.6) is 0 Å². The van der Waals surface area contributed by atoms with E-state index in [2.05, 4.69) is 10.6 Å². The number of amides is 2. The normalized spacial score (nSPS) is 13.4. The molecule has 0 unspecified atom stereocenters. The summed E-state index contributed by atoms with van der Waals surface area (Å²) in [6, 6.07) is 16.8. The van der Waals surface area contributed by atoms with E-state index in [1.54, 1.807) is 25.1 Å². The van der Waals surface area contributed by atoms with Gasteiger partial charge in [0.1, 0.15) is 0 Å². The molecule has 1 saturated carbocycles. The molecule has 1 aliphatic rings. The van der Waals surface area contributed by atoms with E-state index in [0.717, 1.165) is 29.4 Å². The summed E-state index contributed by atoms with van der Waals surface area (Å²) in [6.07, 6.45) is 2.67. The van der Waals surface area contributed by atoms with Crippen molar-refractivity contribution in [3.63, 3.8) is 0 Å². The second-order valence-electron chi connectivity index (χ2n) is 6.82. The highest BCUT2D eigenvalue weighted by Crippen LogP contribution is 2.40. The number of benzene rings is 2. The van der Waals surface area contributed by atoms with Crippen LogP contribution < -0.4 is 10.6 Å². The average molecular weight is 359 g/mol. The Bertz CT molecular complexity index is 1020. The lowest BCUT2D eigenvalue weighted by molar-refractivity contribution is -0.115. The van der Waals surface area contributed by atoms with Gasteiger partial charge in [-0.2, -0.15) is 0 Å². The van der Waals surface area contributed by atoms with E-state index in [-0.39, 0.29) is 11.8 Å². The van der Waals surface area contributed by atoms with E-state index in [9.17, 15) is 9.59 Å². The number of para-hydroxylation sites is 1. The fraction of sp³-hybridized carbons (Fsp3) is 0.227. The number of aromatic nitrogens is 1. The van der Waals surface area contributed by atoms with Crippen molar-refractivity contribution in [3.05, 3.63) is 65.9 Å². The van der Waals surface area contributed by atoms with Crippen molar-refractivity contribution < 1.29 is 9.59 Å². The lowest BCUT2D eigenvalue weighted by atomic mass is 10.1. The Hall–Kier alpha value is -3.21. The summed E-state index contributed by atoms with van der Waals surface area (Å²) in [6.45, 7) is 1.80. The van der Waals surface area contributed by atoms with E-state index >= 15 is 0 Å². The predicted octanol–water partition coefficient (Wildman–Crippen LogP) is 4.71. The Kier molecular flexibility index (Phi) is 4.59. The van der Waals surface area contributed by atoms with Gasteiger partial charge in [-0.05, 0) is 43.2 Å². The smallest absolute Gasteiger partial charge is 0.256 e. The number of carbonyl (C=O) groups is 2. The maximum Gasteiger partial charge on any atom is 0.256 e. The molecule has 3 aromatic rings. The molecular formula is C22H21N3O2. The number of nitrogens with zero attached hydrogens (tertiary/aromatic N) is 1. The molecule has 5 heteroatoms. The van der Waals surface area contributed by atoms with Crippen molar-refractivity contribution >= 4 is 34.1 Å². The second-order valence-corrected chi connectivity index (χ2v) is 6.82. The fourth-order valence-corrected chi connectivity index (χ4v) is 3.09. The number of anilines is 2. The first-order valence-corrected chi connectivity index (χ1v) is 9.25. The predicted molar refractivity (Wildman–Crippen MR) is 107 cm³/mol. The molecule has 0 spiro atoms. The molecule has 1 aromatic heterocycles. The zero-order chi connectivity index (χ0) is 18.8. The van der Waals surface area contributed by atoms with Crippen molar-refractivity contribution in [2.24, 2.45) is 0 Å². The van der Waals surface area contributed by atoms with Crippen LogP contribution in [-0.2, 0) is 4.79 Å². The number of carbonyl (C=O) groups excluding carboxylic acids is 2. The third kappa shape index (κ3) is 3.82. The van der Waals surface area contributed by atoms with Crippen LogP contribution in [0.4, 0.5) is 11.4 Å². The quantitative estimate of drug-likeness (QED) is 0.693. The molecule has 0 atom stereocenters. The van der Waals surface area contributed by atoms with E-state index in [0.29, 0.717) is 29.3 Å². The molecule has 136 valence electrons. The number of nitrogens with one attached hydrogen (secondary N) is 2. The summed E-state index contributed by atoms with van der Waals surface area (Å²) in [7, 11) is 0. The molecule has 1 aliphatic carbocycles. The standard InChI is InChI=1S/C22H21N3O2/c1-2-21(26)23-15-6-5-7-16(12-15)24-22(27)18-13-20(14-10-11-14)25-19-9-4-3-8-17(18)19/h3-9,12-14H,2,10-11H2,1H3,(H,23,26)(H,24,27). The molecule has 5 nitrogen and oxygen atoms in total. The van der Waals surface area contributed by atoms with Gasteiger partial charge in [-0.25, -0.2) is 0 Å². The van der Waals surface area contributed by atoms with Crippen molar-refractivity contribution in [1.82, 2.24) is 4.98 Å². The average Bonchev–Trinajstić information content (AvgIpc) is 3.52. The van der Waals surface area contributed by atoms with Crippen molar-refractivity contribution in [2.75, 3.05) is 10.6 Å². The van der Waals surface area contributed by atoms with Gasteiger partial charge in [-0.3, -0.25) is 14.6 Å². The molecule has 27 heavy (non-hydrogen) atoms. The Balaban J connectivity index is 1.63. The fourth-order valence-electron chi connectivity index (χ4n) is 3.09.